The molecule has 0 aliphatic rings. The van der Waals surface area contributed by atoms with E-state index in [1.807, 2.05) is 0 Å². The van der Waals surface area contributed by atoms with Gasteiger partial charge in [-0.15, -0.1) is 0 Å². The number of rotatable bonds is 0. The number of hydrogen-bond donors (Lipinski definition) is 0. The monoisotopic (exact) mass is 226 g/mol. The minimum atomic E-state index is -10.1. The molecule has 0 aliphatic heterocycles. The van der Waals surface area contributed by atoms with Crippen molar-refractivity contribution in [3.05, 3.63) is 0 Å². The van der Waals surface area contributed by atoms with E-state index in [2.05, 4.69) is 0 Å². The average molecular weight is 226 g/mol. The second-order valence-corrected chi connectivity index (χ2v) is 4.38. The summed E-state index contributed by atoms with van der Waals surface area (Å²) in [4.78, 5) is 0. The predicted molar refractivity (Wildman–Crippen MR) is 22.4 cm³/mol. The number of alkyl halides is 6. The molecule has 0 aromatic rings. The first kappa shape index (κ1) is 11.8. The Balaban J connectivity index is 5.29. The minimum absolute atomic E-state index is 7.18. The molecule has 0 atom stereocenters. The van der Waals surface area contributed by atoms with Gasteiger partial charge >= 0.3 is 58.3 Å². The van der Waals surface area contributed by atoms with E-state index >= 15 is 0 Å². The molecule has 0 aromatic carbocycles. The summed E-state index contributed by atoms with van der Waals surface area (Å²) in [6, 6.07) is 0. The van der Waals surface area contributed by atoms with Gasteiger partial charge in [0.25, 0.3) is 0 Å². The van der Waals surface area contributed by atoms with Crippen LogP contribution in [-0.2, 0) is 0 Å². The van der Waals surface area contributed by atoms with Gasteiger partial charge in [-0.2, -0.15) is 0 Å². The summed E-state index contributed by atoms with van der Waals surface area (Å²) in [5.74, 6) is -14.4. The molecule has 0 aromatic heterocycles. The van der Waals surface area contributed by atoms with Crippen LogP contribution in [0.3, 0.4) is 0 Å². The first-order valence-electron chi connectivity index (χ1n) is 2.09. The van der Waals surface area contributed by atoms with E-state index in [0.29, 0.717) is 0 Å². The first-order valence-corrected chi connectivity index (χ1v) is 4.00. The van der Waals surface area contributed by atoms with Crippen LogP contribution in [0, 0.1) is 0 Å². The van der Waals surface area contributed by atoms with Crippen molar-refractivity contribution < 1.29 is 38.9 Å². The molecule has 0 saturated carbocycles. The molecular weight excluding hydrogens is 226 g/mol. The van der Waals surface area contributed by atoms with Crippen LogP contribution in [0.4, 0.5) is 38.9 Å². The van der Waals surface area contributed by atoms with Crippen molar-refractivity contribution in [3.8, 4) is 0 Å². The number of hydrogen-bond acceptors (Lipinski definition) is 0. The Hall–Kier alpha value is -0.200. The Bertz CT molecular complexity index is 157. The van der Waals surface area contributed by atoms with E-state index in [1.165, 1.54) is 0 Å². The quantitative estimate of drug-likeness (QED) is 0.428. The van der Waals surface area contributed by atoms with Crippen LogP contribution in [0.2, 0.25) is 0 Å². The molecule has 0 radical (unpaired) electrons. The van der Waals surface area contributed by atoms with E-state index < -0.39 is 19.4 Å². The summed E-state index contributed by atoms with van der Waals surface area (Å²) in [6.07, 6.45) is 0. The molecule has 0 heterocycles. The Morgan fingerprint density at radius 1 is 0.583 bits per heavy atom. The zero-order valence-electron chi connectivity index (χ0n) is 4.85. The first-order chi connectivity index (χ1) is 4.79. The van der Waals surface area contributed by atoms with E-state index in [-0.39, 0.29) is 0 Å². The predicted octanol–water partition coefficient (Wildman–Crippen LogP) is 4.23. The zero-order chi connectivity index (χ0) is 10.4. The molecular formula is C2F9P. The molecule has 0 bridgehead atoms. The zero-order valence-corrected chi connectivity index (χ0v) is 5.74. The van der Waals surface area contributed by atoms with E-state index in [0.717, 1.165) is 0 Å². The van der Waals surface area contributed by atoms with Crippen molar-refractivity contribution in [2.24, 2.45) is 0 Å². The summed E-state index contributed by atoms with van der Waals surface area (Å²) in [6.45, 7) is 0. The maximum atomic E-state index is 11.3. The van der Waals surface area contributed by atoms with Crippen LogP contribution >= 0.6 is 7.54 Å². The van der Waals surface area contributed by atoms with Gasteiger partial charge in [0.1, 0.15) is 0 Å². The summed E-state index contributed by atoms with van der Waals surface area (Å²) < 4.78 is 99.6. The van der Waals surface area contributed by atoms with Gasteiger partial charge in [0.05, 0.1) is 0 Å². The van der Waals surface area contributed by atoms with Crippen LogP contribution in [0.1, 0.15) is 0 Å². The summed E-state index contributed by atoms with van der Waals surface area (Å²) >= 11 is 0. The summed E-state index contributed by atoms with van der Waals surface area (Å²) in [5.41, 5.74) is 0. The molecule has 0 rings (SSSR count). The van der Waals surface area contributed by atoms with Crippen LogP contribution in [0.5, 0.6) is 0 Å². The third-order valence-electron chi connectivity index (χ3n) is 0.829. The van der Waals surface area contributed by atoms with Crippen molar-refractivity contribution in [2.75, 3.05) is 0 Å². The van der Waals surface area contributed by atoms with Gasteiger partial charge in [-0.1, -0.05) is 0 Å². The third kappa shape index (κ3) is 1.34. The fourth-order valence-corrected chi connectivity index (χ4v) is 0.431. The normalized spacial score (nSPS) is 18.6. The summed E-state index contributed by atoms with van der Waals surface area (Å²) in [7, 11) is -10.1. The van der Waals surface area contributed by atoms with Gasteiger partial charge in [0.15, 0.2) is 0 Å². The molecule has 0 unspecified atom stereocenters. The molecule has 0 amide bonds. The Morgan fingerprint density at radius 2 is 0.750 bits per heavy atom. The van der Waals surface area contributed by atoms with Gasteiger partial charge in [-0.25, -0.2) is 0 Å². The maximum absolute atomic E-state index is 11.3. The fraction of sp³-hybridized carbons (Fsp3) is 1.00. The molecule has 0 spiro atoms. The van der Waals surface area contributed by atoms with Gasteiger partial charge < -0.3 is 0 Å². The molecule has 0 aliphatic carbocycles. The van der Waals surface area contributed by atoms with E-state index in [9.17, 15) is 38.9 Å². The van der Waals surface area contributed by atoms with E-state index in [4.69, 9.17) is 0 Å². The van der Waals surface area contributed by atoms with Gasteiger partial charge in [0.2, 0.25) is 0 Å². The fourth-order valence-electron chi connectivity index (χ4n) is 0.144. The molecule has 10 heteroatoms. The standard InChI is InChI=1S/C2F9P/c3-1(4,5)12(9,10,11)2(6,7)8. The second kappa shape index (κ2) is 2.18. The van der Waals surface area contributed by atoms with Crippen LogP contribution in [0.25, 0.3) is 0 Å². The van der Waals surface area contributed by atoms with Crippen molar-refractivity contribution in [1.29, 1.82) is 0 Å². The topological polar surface area (TPSA) is 0 Å². The molecule has 0 nitrogen and oxygen atoms in total. The van der Waals surface area contributed by atoms with Crippen LogP contribution in [-0.4, -0.2) is 11.8 Å². The molecule has 0 N–H and O–H groups in total. The second-order valence-electron chi connectivity index (χ2n) is 1.75. The molecule has 12 heavy (non-hydrogen) atoms. The van der Waals surface area contributed by atoms with E-state index in [1.54, 1.807) is 0 Å². The average Bonchev–Trinajstić information content (AvgIpc) is 1.55. The van der Waals surface area contributed by atoms with Crippen LogP contribution in [0.15, 0.2) is 0 Å². The Kier molecular flexibility index (Phi) is 2.15. The van der Waals surface area contributed by atoms with Crippen molar-refractivity contribution in [2.45, 2.75) is 11.8 Å². The van der Waals surface area contributed by atoms with Crippen molar-refractivity contribution >= 4 is 7.54 Å². The van der Waals surface area contributed by atoms with Crippen molar-refractivity contribution in [3.63, 3.8) is 0 Å². The van der Waals surface area contributed by atoms with Gasteiger partial charge in [0, 0.05) is 0 Å². The Labute approximate surface area is 59.6 Å². The van der Waals surface area contributed by atoms with Gasteiger partial charge in [-0.3, -0.25) is 0 Å². The van der Waals surface area contributed by atoms with Gasteiger partial charge in [-0.05, 0) is 0 Å². The van der Waals surface area contributed by atoms with Crippen LogP contribution < -0.4 is 0 Å². The number of halogens is 9. The SMILES string of the molecule is FC(F)(F)P(F)(F)(F)C(F)(F)F. The molecule has 76 valence electrons. The third-order valence-corrected chi connectivity index (χ3v) is 2.49. The molecule has 0 saturated heterocycles. The summed E-state index contributed by atoms with van der Waals surface area (Å²) in [5, 5.41) is 0. The molecule has 0 fully saturated rings. The Morgan fingerprint density at radius 3 is 0.750 bits per heavy atom. The van der Waals surface area contributed by atoms with Crippen molar-refractivity contribution in [1.82, 2.24) is 0 Å².